The van der Waals surface area contributed by atoms with Crippen LogP contribution in [0, 0.1) is 13.8 Å². The predicted octanol–water partition coefficient (Wildman–Crippen LogP) is 4.80. The molecule has 4 rings (SSSR count). The van der Waals surface area contributed by atoms with Crippen molar-refractivity contribution in [2.75, 3.05) is 24.4 Å². The molecule has 34 heavy (non-hydrogen) atoms. The molecule has 0 aliphatic carbocycles. The largest absolute Gasteiger partial charge is 0.479 e. The van der Waals surface area contributed by atoms with E-state index in [-0.39, 0.29) is 5.91 Å². The number of benzene rings is 2. The molecule has 0 saturated heterocycles. The highest BCUT2D eigenvalue weighted by Gasteiger charge is 2.19. The zero-order valence-corrected chi connectivity index (χ0v) is 20.4. The number of carbonyl (C=O) groups is 1. The van der Waals surface area contributed by atoms with Crippen LogP contribution in [0.2, 0.25) is 0 Å². The van der Waals surface area contributed by atoms with Crippen molar-refractivity contribution >= 4 is 28.3 Å². The van der Waals surface area contributed by atoms with Crippen LogP contribution >= 0.6 is 0 Å². The molecule has 2 aromatic heterocycles. The summed E-state index contributed by atoms with van der Waals surface area (Å²) in [6.07, 6.45) is 0.945. The third-order valence-electron chi connectivity index (χ3n) is 6.17. The van der Waals surface area contributed by atoms with E-state index in [4.69, 9.17) is 9.72 Å². The average molecular weight is 458 g/mol. The smallest absolute Gasteiger partial charge is 0.242 e. The Morgan fingerprint density at radius 1 is 1.09 bits per heavy atom. The zero-order chi connectivity index (χ0) is 24.2. The van der Waals surface area contributed by atoms with Gasteiger partial charge >= 0.3 is 0 Å². The number of anilines is 2. The number of hydrogen-bond donors (Lipinski definition) is 1. The molecule has 0 fully saturated rings. The lowest BCUT2D eigenvalue weighted by Crippen LogP contribution is -2.20. The van der Waals surface area contributed by atoms with Crippen LogP contribution in [-0.2, 0) is 24.8 Å². The topological polar surface area (TPSA) is 72.3 Å². The number of methoxy groups -OCH3 is 1. The molecule has 0 radical (unpaired) electrons. The molecule has 0 saturated carbocycles. The van der Waals surface area contributed by atoms with Gasteiger partial charge in [-0.05, 0) is 49.1 Å². The van der Waals surface area contributed by atoms with Gasteiger partial charge in [-0.25, -0.2) is 9.67 Å². The summed E-state index contributed by atoms with van der Waals surface area (Å²) < 4.78 is 7.18. The molecule has 0 aliphatic heterocycles. The minimum absolute atomic E-state index is 0.0300. The van der Waals surface area contributed by atoms with Crippen molar-refractivity contribution in [1.82, 2.24) is 14.8 Å². The fourth-order valence-electron chi connectivity index (χ4n) is 4.41. The number of hydrogen-bond acceptors (Lipinski definition) is 5. The molecule has 0 bridgehead atoms. The summed E-state index contributed by atoms with van der Waals surface area (Å²) in [5.41, 5.74) is 6.82. The number of carbonyl (C=O) groups excluding carboxylic acids is 1. The third-order valence-corrected chi connectivity index (χ3v) is 6.17. The summed E-state index contributed by atoms with van der Waals surface area (Å²) in [5, 5.41) is 8.42. The van der Waals surface area contributed by atoms with Crippen LogP contribution in [0.25, 0.3) is 11.0 Å². The lowest BCUT2D eigenvalue weighted by atomic mass is 10.00. The summed E-state index contributed by atoms with van der Waals surface area (Å²) in [5.74, 6) is 0.529. The fraction of sp³-hybridized carbons (Fsp3) is 0.296. The number of amides is 1. The molecule has 7 nitrogen and oxygen atoms in total. The Kier molecular flexibility index (Phi) is 6.82. The molecular formula is C27H31N5O2. The van der Waals surface area contributed by atoms with E-state index in [1.807, 2.05) is 70.4 Å². The second kappa shape index (κ2) is 9.95. The van der Waals surface area contributed by atoms with Crippen molar-refractivity contribution in [3.8, 4) is 5.88 Å². The Bertz CT molecular complexity index is 1310. The molecular weight excluding hydrogens is 426 g/mol. The maximum Gasteiger partial charge on any atom is 0.242 e. The summed E-state index contributed by atoms with van der Waals surface area (Å²) in [4.78, 5) is 19.8. The van der Waals surface area contributed by atoms with Gasteiger partial charge in [-0.15, -0.1) is 5.10 Å². The quantitative estimate of drug-likeness (QED) is 0.411. The number of aryl methyl sites for hydroxylation is 3. The first-order chi connectivity index (χ1) is 16.4. The van der Waals surface area contributed by atoms with E-state index >= 15 is 0 Å². The zero-order valence-electron chi connectivity index (χ0n) is 20.4. The van der Waals surface area contributed by atoms with Crippen molar-refractivity contribution in [2.24, 2.45) is 7.05 Å². The predicted molar refractivity (Wildman–Crippen MR) is 136 cm³/mol. The van der Waals surface area contributed by atoms with Crippen LogP contribution in [0.1, 0.15) is 28.8 Å². The molecule has 0 unspecified atom stereocenters. The van der Waals surface area contributed by atoms with Crippen LogP contribution in [-0.4, -0.2) is 34.8 Å². The van der Waals surface area contributed by atoms with Gasteiger partial charge in [0.25, 0.3) is 0 Å². The summed E-state index contributed by atoms with van der Waals surface area (Å²) in [6, 6.07) is 18.2. The normalized spacial score (nSPS) is 11.0. The lowest BCUT2D eigenvalue weighted by Gasteiger charge is -2.23. The average Bonchev–Trinajstić information content (AvgIpc) is 3.15. The standard InChI is InChI=1S/C27H31N5O2/c1-18-21(19(2)28-26-25(18)27(34-5)30-32(26)4)15-16-24(33)29-22-13-9-10-14-23(22)31(3)17-20-11-7-6-8-12-20/h6-14H,15-17H2,1-5H3,(H,29,33). The van der Waals surface area contributed by atoms with Gasteiger partial charge in [0.05, 0.1) is 23.9 Å². The number of aromatic nitrogens is 3. The number of nitrogens with zero attached hydrogens (tertiary/aromatic N) is 4. The van der Waals surface area contributed by atoms with Crippen LogP contribution < -0.4 is 15.0 Å². The van der Waals surface area contributed by atoms with E-state index in [9.17, 15) is 4.79 Å². The second-order valence-electron chi connectivity index (χ2n) is 8.54. The Morgan fingerprint density at radius 3 is 2.53 bits per heavy atom. The Morgan fingerprint density at radius 2 is 1.79 bits per heavy atom. The summed E-state index contributed by atoms with van der Waals surface area (Å²) in [6.45, 7) is 4.78. The minimum atomic E-state index is -0.0300. The minimum Gasteiger partial charge on any atom is -0.479 e. The molecule has 2 aromatic carbocycles. The second-order valence-corrected chi connectivity index (χ2v) is 8.54. The van der Waals surface area contributed by atoms with E-state index in [0.29, 0.717) is 18.7 Å². The van der Waals surface area contributed by atoms with E-state index < -0.39 is 0 Å². The number of ether oxygens (including phenoxy) is 1. The van der Waals surface area contributed by atoms with Gasteiger partial charge in [0.2, 0.25) is 11.8 Å². The van der Waals surface area contributed by atoms with Gasteiger partial charge in [0.1, 0.15) is 0 Å². The SMILES string of the molecule is COc1nn(C)c2nc(C)c(CCC(=O)Nc3ccccc3N(C)Cc3ccccc3)c(C)c12. The fourth-order valence-corrected chi connectivity index (χ4v) is 4.41. The lowest BCUT2D eigenvalue weighted by molar-refractivity contribution is -0.116. The number of para-hydroxylation sites is 2. The number of rotatable bonds is 8. The van der Waals surface area contributed by atoms with Crippen LogP contribution in [0.4, 0.5) is 11.4 Å². The molecule has 4 aromatic rings. The molecule has 2 heterocycles. The van der Waals surface area contributed by atoms with Gasteiger partial charge in [-0.3, -0.25) is 4.79 Å². The third kappa shape index (κ3) is 4.73. The first-order valence-electron chi connectivity index (χ1n) is 11.4. The monoisotopic (exact) mass is 457 g/mol. The highest BCUT2D eigenvalue weighted by atomic mass is 16.5. The van der Waals surface area contributed by atoms with Crippen molar-refractivity contribution in [3.63, 3.8) is 0 Å². The van der Waals surface area contributed by atoms with Crippen molar-refractivity contribution < 1.29 is 9.53 Å². The van der Waals surface area contributed by atoms with E-state index in [0.717, 1.165) is 45.8 Å². The Labute approximate surface area is 200 Å². The van der Waals surface area contributed by atoms with Crippen molar-refractivity contribution in [2.45, 2.75) is 33.2 Å². The summed E-state index contributed by atoms with van der Waals surface area (Å²) >= 11 is 0. The maximum absolute atomic E-state index is 12.9. The molecule has 0 atom stereocenters. The molecule has 0 spiro atoms. The number of nitrogens with one attached hydrogen (secondary N) is 1. The van der Waals surface area contributed by atoms with Gasteiger partial charge < -0.3 is 15.0 Å². The first kappa shape index (κ1) is 23.3. The number of pyridine rings is 1. The van der Waals surface area contributed by atoms with Crippen LogP contribution in [0.15, 0.2) is 54.6 Å². The van der Waals surface area contributed by atoms with Crippen molar-refractivity contribution in [1.29, 1.82) is 0 Å². The highest BCUT2D eigenvalue weighted by Crippen LogP contribution is 2.31. The number of fused-ring (bicyclic) bond motifs is 1. The van der Waals surface area contributed by atoms with Gasteiger partial charge in [0, 0.05) is 32.8 Å². The van der Waals surface area contributed by atoms with E-state index in [1.165, 1.54) is 5.56 Å². The Balaban J connectivity index is 1.49. The highest BCUT2D eigenvalue weighted by molar-refractivity contribution is 5.94. The van der Waals surface area contributed by atoms with Crippen LogP contribution in [0.5, 0.6) is 5.88 Å². The van der Waals surface area contributed by atoms with Gasteiger partial charge in [-0.1, -0.05) is 42.5 Å². The molecule has 1 amide bonds. The van der Waals surface area contributed by atoms with E-state index in [1.54, 1.807) is 11.8 Å². The molecule has 7 heteroatoms. The molecule has 1 N–H and O–H groups in total. The van der Waals surface area contributed by atoms with E-state index in [2.05, 4.69) is 27.4 Å². The summed E-state index contributed by atoms with van der Waals surface area (Å²) in [7, 11) is 5.50. The van der Waals surface area contributed by atoms with Gasteiger partial charge in [0.15, 0.2) is 5.65 Å². The van der Waals surface area contributed by atoms with Crippen molar-refractivity contribution in [3.05, 3.63) is 77.0 Å². The maximum atomic E-state index is 12.9. The van der Waals surface area contributed by atoms with Crippen LogP contribution in [0.3, 0.4) is 0 Å². The molecule has 0 aliphatic rings. The Hall–Kier alpha value is -3.87. The van der Waals surface area contributed by atoms with Gasteiger partial charge in [-0.2, -0.15) is 0 Å². The molecule has 176 valence electrons. The first-order valence-corrected chi connectivity index (χ1v) is 11.4.